The molecule has 0 aromatic heterocycles. The van der Waals surface area contributed by atoms with Gasteiger partial charge in [-0.2, -0.15) is 0 Å². The molecule has 0 aromatic carbocycles. The van der Waals surface area contributed by atoms with E-state index in [-0.39, 0.29) is 18.9 Å². The first-order valence-corrected chi connectivity index (χ1v) is 41.9. The van der Waals surface area contributed by atoms with Gasteiger partial charge in [-0.1, -0.05) is 398 Å². The molecule has 2 saturated heterocycles. The van der Waals surface area contributed by atoms with Crippen LogP contribution in [0.4, 0.5) is 0 Å². The molecule has 2 heterocycles. The fraction of sp³-hybridized carbons (Fsp3) is 0.963. The van der Waals surface area contributed by atoms with Gasteiger partial charge in [0.2, 0.25) is 5.91 Å². The molecule has 0 spiro atoms. The number of rotatable bonds is 72. The second kappa shape index (κ2) is 66.9. The number of allylic oxidation sites excluding steroid dienone is 1. The van der Waals surface area contributed by atoms with E-state index in [0.717, 1.165) is 44.9 Å². The van der Waals surface area contributed by atoms with E-state index in [1.54, 1.807) is 6.08 Å². The summed E-state index contributed by atoms with van der Waals surface area (Å²) in [5.41, 5.74) is 0. The minimum absolute atomic E-state index is 0.228. The Balaban J connectivity index is 1.59. The lowest BCUT2D eigenvalue weighted by Crippen LogP contribution is -2.65. The third kappa shape index (κ3) is 49.4. The Kier molecular flexibility index (Phi) is 63.3. The minimum Gasteiger partial charge on any atom is -0.394 e. The second-order valence-electron chi connectivity index (χ2n) is 30.0. The van der Waals surface area contributed by atoms with Gasteiger partial charge in [0.1, 0.15) is 48.8 Å². The van der Waals surface area contributed by atoms with Gasteiger partial charge in [0, 0.05) is 6.42 Å². The van der Waals surface area contributed by atoms with E-state index < -0.39 is 86.8 Å². The van der Waals surface area contributed by atoms with Crippen LogP contribution in [-0.4, -0.2) is 140 Å². The summed E-state index contributed by atoms with van der Waals surface area (Å²) in [7, 11) is 0. The Hall–Kier alpha value is -1.27. The first kappa shape index (κ1) is 90.8. The number of aliphatic hydroxyl groups is 8. The zero-order valence-corrected chi connectivity index (χ0v) is 62.7. The number of unbranched alkanes of at least 4 members (excludes halogenated alkanes) is 59. The molecule has 12 unspecified atom stereocenters. The predicted octanol–water partition coefficient (Wildman–Crippen LogP) is 19.3. The molecule has 0 saturated carbocycles. The van der Waals surface area contributed by atoms with Crippen molar-refractivity contribution in [3.05, 3.63) is 12.2 Å². The third-order valence-electron chi connectivity index (χ3n) is 21.0. The van der Waals surface area contributed by atoms with E-state index in [2.05, 4.69) is 19.2 Å². The summed E-state index contributed by atoms with van der Waals surface area (Å²) >= 11 is 0. The van der Waals surface area contributed by atoms with Gasteiger partial charge >= 0.3 is 0 Å². The maximum Gasteiger partial charge on any atom is 0.220 e. The van der Waals surface area contributed by atoms with E-state index in [1.165, 1.54) is 347 Å². The third-order valence-corrected chi connectivity index (χ3v) is 21.0. The summed E-state index contributed by atoms with van der Waals surface area (Å²) in [6.45, 7) is 2.88. The molecular weight excluding hydrogens is 1210 g/mol. The van der Waals surface area contributed by atoms with E-state index in [9.17, 15) is 45.6 Å². The Labute approximate surface area is 590 Å². The molecule has 1 amide bonds. The predicted molar refractivity (Wildman–Crippen MR) is 397 cm³/mol. The lowest BCUT2D eigenvalue weighted by atomic mass is 9.97. The van der Waals surface area contributed by atoms with Gasteiger partial charge in [0.25, 0.3) is 0 Å². The van der Waals surface area contributed by atoms with Crippen LogP contribution in [0.2, 0.25) is 0 Å². The molecule has 0 aromatic rings. The topological polar surface area (TPSA) is 228 Å². The first-order valence-electron chi connectivity index (χ1n) is 41.9. The highest BCUT2D eigenvalue weighted by atomic mass is 16.7. The molecule has 96 heavy (non-hydrogen) atoms. The standard InChI is InChI=1S/C82H159NO13/c1-3-5-7-9-11-13-15-17-19-21-23-25-27-29-31-32-33-34-35-36-37-38-40-42-44-46-48-50-52-54-56-58-60-62-64-66-74(87)83-70(69-93-81-79(92)77(90)80(73(68-85)95-81)96-82-78(91)76(89)75(88)72(67-84)94-82)71(86)65-63-61-59-57-55-53-51-49-47-45-43-41-39-30-28-26-24-22-20-18-16-14-12-10-8-6-4-2/h63,65,70-73,75-82,84-86,88-92H,3-62,64,66-69H2,1-2H3,(H,83,87)/b65-63+. The normalized spacial score (nSPS) is 22.2. The molecule has 2 rings (SSSR count). The van der Waals surface area contributed by atoms with Crippen LogP contribution in [0.3, 0.4) is 0 Å². The van der Waals surface area contributed by atoms with Crippen LogP contribution in [0.1, 0.15) is 412 Å². The van der Waals surface area contributed by atoms with Crippen molar-refractivity contribution in [1.29, 1.82) is 0 Å². The number of carbonyl (C=O) groups is 1. The van der Waals surface area contributed by atoms with Crippen LogP contribution < -0.4 is 5.32 Å². The molecule has 12 atom stereocenters. The number of carbonyl (C=O) groups excluding carboxylic acids is 1. The Morgan fingerprint density at radius 3 is 0.958 bits per heavy atom. The molecule has 2 fully saturated rings. The van der Waals surface area contributed by atoms with Crippen LogP contribution >= 0.6 is 0 Å². The largest absolute Gasteiger partial charge is 0.394 e. The minimum atomic E-state index is -1.79. The average molecular weight is 1370 g/mol. The lowest BCUT2D eigenvalue weighted by molar-refractivity contribution is -0.359. The van der Waals surface area contributed by atoms with Crippen molar-refractivity contribution in [3.63, 3.8) is 0 Å². The maximum atomic E-state index is 13.4. The molecule has 14 nitrogen and oxygen atoms in total. The Morgan fingerprint density at radius 1 is 0.365 bits per heavy atom. The summed E-state index contributed by atoms with van der Waals surface area (Å²) < 4.78 is 22.9. The summed E-state index contributed by atoms with van der Waals surface area (Å²) in [6, 6.07) is -0.913. The van der Waals surface area contributed by atoms with Gasteiger partial charge in [-0.3, -0.25) is 4.79 Å². The van der Waals surface area contributed by atoms with Crippen LogP contribution in [0.25, 0.3) is 0 Å². The number of aliphatic hydroxyl groups excluding tert-OH is 8. The van der Waals surface area contributed by atoms with Crippen molar-refractivity contribution in [1.82, 2.24) is 5.32 Å². The molecule has 0 aliphatic carbocycles. The van der Waals surface area contributed by atoms with Crippen molar-refractivity contribution < 1.29 is 64.6 Å². The van der Waals surface area contributed by atoms with Gasteiger partial charge in [0.05, 0.1) is 32.0 Å². The van der Waals surface area contributed by atoms with Gasteiger partial charge in [-0.25, -0.2) is 0 Å². The number of ether oxygens (including phenoxy) is 4. The quantitative estimate of drug-likeness (QED) is 0.0204. The Morgan fingerprint density at radius 2 is 0.646 bits per heavy atom. The van der Waals surface area contributed by atoms with Crippen molar-refractivity contribution in [2.24, 2.45) is 0 Å². The highest BCUT2D eigenvalue weighted by Crippen LogP contribution is 2.31. The summed E-state index contributed by atoms with van der Waals surface area (Å²) in [6.07, 6.45) is 68.9. The SMILES string of the molecule is CCCCCCCCCCCCCCCCCCCCCCCCCCC/C=C/C(O)C(COC1OC(CO)C(OC2OC(CO)C(O)C(O)C2O)C(O)C1O)NC(=O)CCCCCCCCCCCCCCCCCCCCCCCCCCCCCCCCCCCCC. The zero-order valence-electron chi connectivity index (χ0n) is 62.7. The summed E-state index contributed by atoms with van der Waals surface area (Å²) in [5.74, 6) is -0.228. The smallest absolute Gasteiger partial charge is 0.220 e. The van der Waals surface area contributed by atoms with E-state index >= 15 is 0 Å². The molecule has 14 heteroatoms. The van der Waals surface area contributed by atoms with Gasteiger partial charge in [-0.15, -0.1) is 0 Å². The van der Waals surface area contributed by atoms with Crippen molar-refractivity contribution in [2.45, 2.75) is 485 Å². The average Bonchev–Trinajstić information content (AvgIpc) is 0.800. The highest BCUT2D eigenvalue weighted by Gasteiger charge is 2.51. The van der Waals surface area contributed by atoms with Gasteiger partial charge in [-0.05, 0) is 19.3 Å². The van der Waals surface area contributed by atoms with E-state index in [1.807, 2.05) is 6.08 Å². The summed E-state index contributed by atoms with van der Waals surface area (Å²) in [5, 5.41) is 87.7. The van der Waals surface area contributed by atoms with Crippen molar-refractivity contribution in [2.75, 3.05) is 19.8 Å². The summed E-state index contributed by atoms with van der Waals surface area (Å²) in [4.78, 5) is 13.4. The Bertz CT molecular complexity index is 1660. The molecule has 570 valence electrons. The number of nitrogens with one attached hydrogen (secondary N) is 1. The number of hydrogen-bond acceptors (Lipinski definition) is 13. The maximum absolute atomic E-state index is 13.4. The van der Waals surface area contributed by atoms with Crippen LogP contribution in [0.5, 0.6) is 0 Å². The van der Waals surface area contributed by atoms with Crippen LogP contribution in [0.15, 0.2) is 12.2 Å². The van der Waals surface area contributed by atoms with Crippen molar-refractivity contribution >= 4 is 5.91 Å². The highest BCUT2D eigenvalue weighted by molar-refractivity contribution is 5.76. The molecule has 2 aliphatic rings. The zero-order chi connectivity index (χ0) is 69.4. The fourth-order valence-corrected chi connectivity index (χ4v) is 14.4. The molecule has 0 bridgehead atoms. The fourth-order valence-electron chi connectivity index (χ4n) is 14.4. The van der Waals surface area contributed by atoms with Gasteiger partial charge < -0.3 is 65.1 Å². The van der Waals surface area contributed by atoms with Crippen LogP contribution in [-0.2, 0) is 23.7 Å². The van der Waals surface area contributed by atoms with E-state index in [0.29, 0.717) is 0 Å². The molecule has 9 N–H and O–H groups in total. The molecule has 0 radical (unpaired) electrons. The van der Waals surface area contributed by atoms with Gasteiger partial charge in [0.15, 0.2) is 12.6 Å². The van der Waals surface area contributed by atoms with Crippen molar-refractivity contribution in [3.8, 4) is 0 Å². The number of amides is 1. The van der Waals surface area contributed by atoms with Crippen LogP contribution in [0, 0.1) is 0 Å². The lowest BCUT2D eigenvalue weighted by Gasteiger charge is -2.46. The first-order chi connectivity index (χ1) is 47.1. The monoisotopic (exact) mass is 1370 g/mol. The molecular formula is C82H159NO13. The van der Waals surface area contributed by atoms with E-state index in [4.69, 9.17) is 18.9 Å². The molecule has 2 aliphatic heterocycles. The second-order valence-corrected chi connectivity index (χ2v) is 30.0. The number of hydrogen-bond donors (Lipinski definition) is 9.